The zero-order valence-corrected chi connectivity index (χ0v) is 11.0. The van der Waals surface area contributed by atoms with Gasteiger partial charge in [0.05, 0.1) is 0 Å². The molecule has 0 aromatic heterocycles. The molecule has 8 heteroatoms. The number of dihydropyridines is 1. The largest absolute Gasteiger partial charge is 0.468 e. The second-order valence-electron chi connectivity index (χ2n) is 4.53. The Kier molecular flexibility index (Phi) is 3.44. The van der Waals surface area contributed by atoms with Crippen molar-refractivity contribution >= 4 is 17.5 Å². The van der Waals surface area contributed by atoms with Gasteiger partial charge in [-0.15, -0.1) is 0 Å². The minimum Gasteiger partial charge on any atom is -0.468 e. The molecule has 0 radical (unpaired) electrons. The number of carbonyl (C=O) groups is 1. The summed E-state index contributed by atoms with van der Waals surface area (Å²) in [4.78, 5) is 19.3. The van der Waals surface area contributed by atoms with Crippen LogP contribution in [0.1, 0.15) is 11.8 Å². The fraction of sp³-hybridized carbons (Fsp3) is 0.214. The number of fused-ring (bicyclic) bond motifs is 1. The number of nitrogens with zero attached hydrogens (tertiary/aromatic N) is 2. The molecule has 5 nitrogen and oxygen atoms in total. The summed E-state index contributed by atoms with van der Waals surface area (Å²) in [5.74, 6) is -1.16. The smallest absolute Gasteiger partial charge is 0.422 e. The molecule has 1 amide bonds. The van der Waals surface area contributed by atoms with E-state index in [4.69, 9.17) is 4.74 Å². The second-order valence-corrected chi connectivity index (χ2v) is 4.53. The topological polar surface area (TPSA) is 60.2 Å². The van der Waals surface area contributed by atoms with Crippen LogP contribution in [0.5, 0.6) is 0 Å². The van der Waals surface area contributed by atoms with E-state index < -0.39 is 30.8 Å². The minimum absolute atomic E-state index is 0.0202. The Hall–Kier alpha value is -2.64. The van der Waals surface area contributed by atoms with E-state index in [9.17, 15) is 18.0 Å². The van der Waals surface area contributed by atoms with E-state index in [1.807, 2.05) is 6.07 Å². The van der Waals surface area contributed by atoms with Crippen LogP contribution in [0, 0.1) is 0 Å². The summed E-state index contributed by atoms with van der Waals surface area (Å²) in [5, 5.41) is 0. The first-order valence-electron chi connectivity index (χ1n) is 6.26. The van der Waals surface area contributed by atoms with Crippen molar-refractivity contribution < 1.29 is 27.4 Å². The van der Waals surface area contributed by atoms with Gasteiger partial charge >= 0.3 is 12.1 Å². The number of amides is 1. The molecule has 0 N–H and O–H groups in total. The van der Waals surface area contributed by atoms with Gasteiger partial charge in [-0.3, -0.25) is 4.79 Å². The van der Waals surface area contributed by atoms with E-state index in [0.717, 1.165) is 11.6 Å². The second kappa shape index (κ2) is 5.28. The van der Waals surface area contributed by atoms with Crippen LogP contribution < -0.4 is 0 Å². The average Bonchev–Trinajstić information content (AvgIpc) is 2.90. The number of benzene rings is 1. The first kappa shape index (κ1) is 14.3. The molecule has 22 heavy (non-hydrogen) atoms. The molecule has 0 bridgehead atoms. The van der Waals surface area contributed by atoms with Gasteiger partial charge in [-0.1, -0.05) is 30.3 Å². The Morgan fingerprint density at radius 3 is 2.64 bits per heavy atom. The van der Waals surface area contributed by atoms with Crippen molar-refractivity contribution in [1.29, 1.82) is 0 Å². The summed E-state index contributed by atoms with van der Waals surface area (Å²) in [5.41, 5.74) is 0.698. The summed E-state index contributed by atoms with van der Waals surface area (Å²) in [6, 6.07) is 8.91. The monoisotopic (exact) mass is 310 g/mol. The Labute approximate surface area is 122 Å². The van der Waals surface area contributed by atoms with Gasteiger partial charge in [-0.05, 0) is 0 Å². The van der Waals surface area contributed by atoms with Crippen molar-refractivity contribution in [3.8, 4) is 0 Å². The zero-order valence-electron chi connectivity index (χ0n) is 11.0. The summed E-state index contributed by atoms with van der Waals surface area (Å²) in [6.45, 7) is -1.53. The molecule has 0 saturated carbocycles. The molecule has 0 saturated heterocycles. The third kappa shape index (κ3) is 3.00. The third-order valence-electron chi connectivity index (χ3n) is 2.86. The van der Waals surface area contributed by atoms with Crippen molar-refractivity contribution in [3.05, 3.63) is 47.7 Å². The average molecular weight is 310 g/mol. The lowest BCUT2D eigenvalue weighted by Crippen LogP contribution is -2.25. The maximum atomic E-state index is 12.1. The molecule has 1 aromatic carbocycles. The van der Waals surface area contributed by atoms with Gasteiger partial charge in [-0.25, -0.2) is 4.99 Å². The fourth-order valence-electron chi connectivity index (χ4n) is 1.93. The standard InChI is InChI=1S/C14H9F3N2O3/c15-14(16,17)7-21-10-6-9-11(12(20)18-10)19-13(22-9)8-4-2-1-3-5-8/h1-6,13H,7H2. The SMILES string of the molecule is O=C1N=C(OCC(F)(F)F)C=C2OC(c3ccccc3)N=C12. The summed E-state index contributed by atoms with van der Waals surface area (Å²) >= 11 is 0. The maximum Gasteiger partial charge on any atom is 0.422 e. The summed E-state index contributed by atoms with van der Waals surface area (Å²) in [6.07, 6.45) is -4.10. The summed E-state index contributed by atoms with van der Waals surface area (Å²) < 4.78 is 46.3. The van der Waals surface area contributed by atoms with E-state index in [0.29, 0.717) is 0 Å². The molecular formula is C14H9F3N2O3. The van der Waals surface area contributed by atoms with Gasteiger partial charge in [0.15, 0.2) is 18.1 Å². The van der Waals surface area contributed by atoms with Crippen LogP contribution in [0.3, 0.4) is 0 Å². The van der Waals surface area contributed by atoms with Crippen LogP contribution in [-0.4, -0.2) is 30.3 Å². The van der Waals surface area contributed by atoms with Gasteiger partial charge < -0.3 is 9.47 Å². The van der Waals surface area contributed by atoms with E-state index in [1.165, 1.54) is 0 Å². The maximum absolute atomic E-state index is 12.1. The van der Waals surface area contributed by atoms with Crippen LogP contribution in [0.15, 0.2) is 52.2 Å². The Bertz CT molecular complexity index is 693. The van der Waals surface area contributed by atoms with E-state index >= 15 is 0 Å². The number of ether oxygens (including phenoxy) is 2. The lowest BCUT2D eigenvalue weighted by atomic mass is 10.2. The lowest BCUT2D eigenvalue weighted by Gasteiger charge is -2.13. The quantitative estimate of drug-likeness (QED) is 0.843. The number of aliphatic imine (C=N–C) groups is 2. The highest BCUT2D eigenvalue weighted by Crippen LogP contribution is 2.31. The molecular weight excluding hydrogens is 301 g/mol. The molecule has 2 heterocycles. The van der Waals surface area contributed by atoms with Gasteiger partial charge in [0.25, 0.3) is 0 Å². The molecule has 2 aliphatic heterocycles. The Morgan fingerprint density at radius 2 is 1.95 bits per heavy atom. The van der Waals surface area contributed by atoms with Crippen LogP contribution in [-0.2, 0) is 14.3 Å². The number of halogens is 3. The predicted octanol–water partition coefficient (Wildman–Crippen LogP) is 2.56. The zero-order chi connectivity index (χ0) is 15.7. The molecule has 2 aliphatic rings. The molecule has 0 aliphatic carbocycles. The van der Waals surface area contributed by atoms with Crippen molar-refractivity contribution in [1.82, 2.24) is 0 Å². The van der Waals surface area contributed by atoms with Crippen LogP contribution >= 0.6 is 0 Å². The highest BCUT2D eigenvalue weighted by atomic mass is 19.4. The van der Waals surface area contributed by atoms with Crippen molar-refractivity contribution in [3.63, 3.8) is 0 Å². The van der Waals surface area contributed by atoms with Gasteiger partial charge in [0, 0.05) is 11.6 Å². The number of hydrogen-bond donors (Lipinski definition) is 0. The molecule has 114 valence electrons. The Morgan fingerprint density at radius 1 is 1.23 bits per heavy atom. The fourth-order valence-corrected chi connectivity index (χ4v) is 1.93. The van der Waals surface area contributed by atoms with Crippen molar-refractivity contribution in [2.75, 3.05) is 6.61 Å². The number of hydrogen-bond acceptors (Lipinski definition) is 4. The molecule has 0 fully saturated rings. The molecule has 0 spiro atoms. The molecule has 1 atom stereocenters. The summed E-state index contributed by atoms with van der Waals surface area (Å²) in [7, 11) is 0. The first-order valence-corrected chi connectivity index (χ1v) is 6.26. The van der Waals surface area contributed by atoms with Crippen molar-refractivity contribution in [2.45, 2.75) is 12.4 Å². The predicted molar refractivity (Wildman–Crippen MR) is 70.2 cm³/mol. The van der Waals surface area contributed by atoms with Gasteiger partial charge in [-0.2, -0.15) is 18.2 Å². The van der Waals surface area contributed by atoms with Gasteiger partial charge in [0.1, 0.15) is 0 Å². The molecule has 1 aromatic rings. The van der Waals surface area contributed by atoms with Crippen molar-refractivity contribution in [2.24, 2.45) is 9.98 Å². The van der Waals surface area contributed by atoms with Crippen LogP contribution in [0.2, 0.25) is 0 Å². The molecule has 3 rings (SSSR count). The highest BCUT2D eigenvalue weighted by molar-refractivity contribution is 6.48. The lowest BCUT2D eigenvalue weighted by molar-refractivity contribution is -0.156. The minimum atomic E-state index is -4.51. The number of alkyl halides is 3. The molecule has 1 unspecified atom stereocenters. The Balaban J connectivity index is 1.78. The van der Waals surface area contributed by atoms with E-state index in [1.54, 1.807) is 24.3 Å². The number of carbonyl (C=O) groups excluding carboxylic acids is 1. The third-order valence-corrected chi connectivity index (χ3v) is 2.86. The number of rotatable bonds is 2. The van der Waals surface area contributed by atoms with Crippen LogP contribution in [0.25, 0.3) is 0 Å². The van der Waals surface area contributed by atoms with E-state index in [2.05, 4.69) is 14.7 Å². The first-order chi connectivity index (χ1) is 10.4. The van der Waals surface area contributed by atoms with E-state index in [-0.39, 0.29) is 11.5 Å². The highest BCUT2D eigenvalue weighted by Gasteiger charge is 2.35. The van der Waals surface area contributed by atoms with Crippen LogP contribution in [0.4, 0.5) is 13.2 Å². The van der Waals surface area contributed by atoms with Gasteiger partial charge in [0.2, 0.25) is 12.1 Å². The normalized spacial score (nSPS) is 20.6.